The molecular formula is C11H18N2O2. The summed E-state index contributed by atoms with van der Waals surface area (Å²) in [5, 5.41) is 14.1. The van der Waals surface area contributed by atoms with E-state index in [1.807, 2.05) is 16.9 Å². The van der Waals surface area contributed by atoms with Crippen molar-refractivity contribution < 1.29 is 9.84 Å². The van der Waals surface area contributed by atoms with Crippen LogP contribution >= 0.6 is 0 Å². The molecule has 4 heteroatoms. The van der Waals surface area contributed by atoms with Crippen molar-refractivity contribution in [3.63, 3.8) is 0 Å². The molecule has 0 amide bonds. The van der Waals surface area contributed by atoms with Gasteiger partial charge in [-0.2, -0.15) is 5.10 Å². The second-order valence-corrected chi connectivity index (χ2v) is 5.05. The van der Waals surface area contributed by atoms with E-state index >= 15 is 0 Å². The van der Waals surface area contributed by atoms with Crippen LogP contribution in [0.2, 0.25) is 0 Å². The lowest BCUT2D eigenvalue weighted by molar-refractivity contribution is -0.0803. The average Bonchev–Trinajstić information content (AvgIpc) is 2.69. The summed E-state index contributed by atoms with van der Waals surface area (Å²) >= 11 is 0. The molecule has 84 valence electrons. The van der Waals surface area contributed by atoms with Gasteiger partial charge in [0.15, 0.2) is 6.29 Å². The lowest BCUT2D eigenvalue weighted by Crippen LogP contribution is -2.21. The van der Waals surface area contributed by atoms with Crippen LogP contribution in [-0.4, -0.2) is 27.8 Å². The molecular weight excluding hydrogens is 192 g/mol. The van der Waals surface area contributed by atoms with Gasteiger partial charge in [-0.25, -0.2) is 0 Å². The predicted molar refractivity (Wildman–Crippen MR) is 56.5 cm³/mol. The van der Waals surface area contributed by atoms with Gasteiger partial charge < -0.3 is 9.84 Å². The molecule has 1 aromatic rings. The molecule has 1 aliphatic heterocycles. The Morgan fingerprint density at radius 1 is 1.53 bits per heavy atom. The number of nitrogens with zero attached hydrogens (tertiary/aromatic N) is 2. The van der Waals surface area contributed by atoms with Gasteiger partial charge in [0.05, 0.1) is 12.3 Å². The first-order valence-electron chi connectivity index (χ1n) is 5.34. The first-order valence-corrected chi connectivity index (χ1v) is 5.34. The Balaban J connectivity index is 2.20. The summed E-state index contributed by atoms with van der Waals surface area (Å²) in [6.45, 7) is 6.99. The molecule has 1 N–H and O–H groups in total. The molecule has 0 aliphatic carbocycles. The summed E-state index contributed by atoms with van der Waals surface area (Å²) in [5.74, 6) is 0. The zero-order chi connectivity index (χ0) is 11.1. The summed E-state index contributed by atoms with van der Waals surface area (Å²) in [5.41, 5.74) is 1.09. The molecule has 2 rings (SSSR count). The standard InChI is InChI=1S/C11H18N2O2/c1-11(2,3)9-4-6-13(12-9)8-5-7-15-10(8)14/h4,6,8,10,14H,5,7H2,1-3H3. The van der Waals surface area contributed by atoms with E-state index in [9.17, 15) is 5.11 Å². The quantitative estimate of drug-likeness (QED) is 0.763. The highest BCUT2D eigenvalue weighted by molar-refractivity contribution is 5.10. The summed E-state index contributed by atoms with van der Waals surface area (Å²) in [7, 11) is 0. The maximum absolute atomic E-state index is 9.57. The highest BCUT2D eigenvalue weighted by atomic mass is 16.6. The third kappa shape index (κ3) is 2.06. The average molecular weight is 210 g/mol. The Morgan fingerprint density at radius 2 is 2.27 bits per heavy atom. The molecule has 0 aromatic carbocycles. The van der Waals surface area contributed by atoms with Crippen LogP contribution in [0.1, 0.15) is 38.9 Å². The van der Waals surface area contributed by atoms with Crippen molar-refractivity contribution in [2.75, 3.05) is 6.61 Å². The number of aliphatic hydroxyl groups is 1. The topological polar surface area (TPSA) is 47.3 Å². The molecule has 15 heavy (non-hydrogen) atoms. The van der Waals surface area contributed by atoms with Gasteiger partial charge in [0.1, 0.15) is 6.04 Å². The van der Waals surface area contributed by atoms with E-state index < -0.39 is 6.29 Å². The Labute approximate surface area is 89.9 Å². The van der Waals surface area contributed by atoms with Crippen LogP contribution in [0.15, 0.2) is 12.3 Å². The van der Waals surface area contributed by atoms with Crippen molar-refractivity contribution >= 4 is 0 Å². The van der Waals surface area contributed by atoms with Gasteiger partial charge >= 0.3 is 0 Å². The van der Waals surface area contributed by atoms with Crippen molar-refractivity contribution in [1.29, 1.82) is 0 Å². The molecule has 0 bridgehead atoms. The Morgan fingerprint density at radius 3 is 2.73 bits per heavy atom. The highest BCUT2D eigenvalue weighted by Gasteiger charge is 2.29. The minimum atomic E-state index is -0.710. The van der Waals surface area contributed by atoms with Gasteiger partial charge in [-0.05, 0) is 12.5 Å². The third-order valence-corrected chi connectivity index (χ3v) is 2.75. The van der Waals surface area contributed by atoms with E-state index in [1.54, 1.807) is 0 Å². The van der Waals surface area contributed by atoms with Crippen molar-refractivity contribution in [1.82, 2.24) is 9.78 Å². The van der Waals surface area contributed by atoms with Crippen molar-refractivity contribution in [2.45, 2.75) is 44.9 Å². The normalized spacial score (nSPS) is 27.2. The van der Waals surface area contributed by atoms with E-state index in [0.717, 1.165) is 12.1 Å². The van der Waals surface area contributed by atoms with Crippen LogP contribution < -0.4 is 0 Å². The molecule has 0 radical (unpaired) electrons. The molecule has 2 unspecified atom stereocenters. The molecule has 2 atom stereocenters. The predicted octanol–water partition coefficient (Wildman–Crippen LogP) is 1.46. The minimum Gasteiger partial charge on any atom is -0.366 e. The second kappa shape index (κ2) is 3.61. The van der Waals surface area contributed by atoms with Crippen molar-refractivity contribution in [3.05, 3.63) is 18.0 Å². The van der Waals surface area contributed by atoms with Crippen LogP contribution in [0, 0.1) is 0 Å². The minimum absolute atomic E-state index is 0.0268. The van der Waals surface area contributed by atoms with Gasteiger partial charge in [-0.3, -0.25) is 4.68 Å². The van der Waals surface area contributed by atoms with Gasteiger partial charge in [-0.1, -0.05) is 20.8 Å². The SMILES string of the molecule is CC(C)(C)c1ccn(C2CCOC2O)n1. The van der Waals surface area contributed by atoms with Gasteiger partial charge in [0.25, 0.3) is 0 Å². The zero-order valence-corrected chi connectivity index (χ0v) is 9.47. The molecule has 1 aliphatic rings. The smallest absolute Gasteiger partial charge is 0.177 e. The number of aromatic nitrogens is 2. The van der Waals surface area contributed by atoms with Gasteiger partial charge in [-0.15, -0.1) is 0 Å². The number of ether oxygens (including phenoxy) is 1. The van der Waals surface area contributed by atoms with Crippen LogP contribution in [0.4, 0.5) is 0 Å². The summed E-state index contributed by atoms with van der Waals surface area (Å²) < 4.78 is 6.93. The van der Waals surface area contributed by atoms with E-state index in [-0.39, 0.29) is 11.5 Å². The lowest BCUT2D eigenvalue weighted by atomic mass is 9.93. The zero-order valence-electron chi connectivity index (χ0n) is 9.47. The monoisotopic (exact) mass is 210 g/mol. The van der Waals surface area contributed by atoms with Crippen molar-refractivity contribution in [2.24, 2.45) is 0 Å². The Kier molecular flexibility index (Phi) is 2.56. The molecule has 1 saturated heterocycles. The fourth-order valence-corrected chi connectivity index (χ4v) is 1.75. The maximum atomic E-state index is 9.57. The number of hydrogen-bond acceptors (Lipinski definition) is 3. The largest absolute Gasteiger partial charge is 0.366 e. The van der Waals surface area contributed by atoms with E-state index in [1.165, 1.54) is 0 Å². The van der Waals surface area contributed by atoms with E-state index in [0.29, 0.717) is 6.61 Å². The maximum Gasteiger partial charge on any atom is 0.177 e. The number of hydrogen-bond donors (Lipinski definition) is 1. The Hall–Kier alpha value is -0.870. The summed E-state index contributed by atoms with van der Waals surface area (Å²) in [6, 6.07) is 1.98. The Bertz CT molecular complexity index is 341. The van der Waals surface area contributed by atoms with Crippen LogP contribution in [0.5, 0.6) is 0 Å². The van der Waals surface area contributed by atoms with E-state index in [4.69, 9.17) is 4.74 Å². The van der Waals surface area contributed by atoms with Crippen LogP contribution in [0.3, 0.4) is 0 Å². The van der Waals surface area contributed by atoms with Gasteiger partial charge in [0, 0.05) is 11.6 Å². The third-order valence-electron chi connectivity index (χ3n) is 2.75. The fraction of sp³-hybridized carbons (Fsp3) is 0.727. The summed E-state index contributed by atoms with van der Waals surface area (Å²) in [4.78, 5) is 0. The molecule has 1 fully saturated rings. The van der Waals surface area contributed by atoms with Crippen LogP contribution in [-0.2, 0) is 10.2 Å². The molecule has 4 nitrogen and oxygen atoms in total. The first kappa shape index (κ1) is 10.6. The lowest BCUT2D eigenvalue weighted by Gasteiger charge is -2.16. The molecule has 1 aromatic heterocycles. The van der Waals surface area contributed by atoms with Gasteiger partial charge in [0.2, 0.25) is 0 Å². The van der Waals surface area contributed by atoms with Crippen LogP contribution in [0.25, 0.3) is 0 Å². The fourth-order valence-electron chi connectivity index (χ4n) is 1.75. The number of rotatable bonds is 1. The second-order valence-electron chi connectivity index (χ2n) is 5.05. The molecule has 0 spiro atoms. The highest BCUT2D eigenvalue weighted by Crippen LogP contribution is 2.26. The summed E-state index contributed by atoms with van der Waals surface area (Å²) in [6.07, 6.45) is 2.04. The van der Waals surface area contributed by atoms with E-state index in [2.05, 4.69) is 25.9 Å². The number of aliphatic hydroxyl groups excluding tert-OH is 1. The molecule has 0 saturated carbocycles. The molecule has 2 heterocycles. The first-order chi connectivity index (χ1) is 6.98. The van der Waals surface area contributed by atoms with Crippen molar-refractivity contribution in [3.8, 4) is 0 Å².